The van der Waals surface area contributed by atoms with Gasteiger partial charge in [-0.15, -0.1) is 0 Å². The number of alkyl halides is 2. The van der Waals surface area contributed by atoms with Crippen molar-refractivity contribution >= 4 is 18.1 Å². The molecule has 0 unspecified atom stereocenters. The highest BCUT2D eigenvalue weighted by atomic mass is 32.1. The number of aromatic amines is 1. The molecule has 152 valence electrons. The molecule has 1 amide bonds. The van der Waals surface area contributed by atoms with Crippen LogP contribution in [0.1, 0.15) is 17.5 Å². The molecule has 0 saturated heterocycles. The molecule has 0 aliphatic rings. The number of para-hydroxylation sites is 1. The zero-order valence-electron chi connectivity index (χ0n) is 15.7. The first-order valence-electron chi connectivity index (χ1n) is 8.95. The summed E-state index contributed by atoms with van der Waals surface area (Å²) in [6, 6.07) is 14.2. The van der Waals surface area contributed by atoms with Crippen LogP contribution in [0.25, 0.3) is 11.4 Å². The molecule has 2 aromatic carbocycles. The third kappa shape index (κ3) is 5.47. The Bertz CT molecular complexity index is 1050. The van der Waals surface area contributed by atoms with E-state index < -0.39 is 6.61 Å². The Morgan fingerprint density at radius 1 is 1.28 bits per heavy atom. The SMILES string of the molecule is Cc1cccc(-c2n[nH]c(=S)n2CCC(=O)NCc2ccccc2OC(F)F)c1. The molecule has 0 bridgehead atoms. The van der Waals surface area contributed by atoms with Crippen LogP contribution >= 0.6 is 12.2 Å². The summed E-state index contributed by atoms with van der Waals surface area (Å²) in [5.41, 5.74) is 2.46. The van der Waals surface area contributed by atoms with Crippen LogP contribution in [0.5, 0.6) is 5.75 Å². The highest BCUT2D eigenvalue weighted by molar-refractivity contribution is 7.71. The highest BCUT2D eigenvalue weighted by Gasteiger charge is 2.12. The molecule has 0 saturated carbocycles. The number of H-pyrrole nitrogens is 1. The van der Waals surface area contributed by atoms with Crippen molar-refractivity contribution in [3.05, 3.63) is 64.4 Å². The van der Waals surface area contributed by atoms with E-state index >= 15 is 0 Å². The van der Waals surface area contributed by atoms with E-state index in [4.69, 9.17) is 12.2 Å². The monoisotopic (exact) mass is 418 g/mol. The highest BCUT2D eigenvalue weighted by Crippen LogP contribution is 2.21. The van der Waals surface area contributed by atoms with Crippen molar-refractivity contribution in [1.82, 2.24) is 20.1 Å². The molecule has 0 aliphatic carbocycles. The average molecular weight is 418 g/mol. The summed E-state index contributed by atoms with van der Waals surface area (Å²) in [5.74, 6) is 0.457. The van der Waals surface area contributed by atoms with Gasteiger partial charge in [0.2, 0.25) is 5.91 Å². The van der Waals surface area contributed by atoms with Gasteiger partial charge in [-0.05, 0) is 31.3 Å². The lowest BCUT2D eigenvalue weighted by atomic mass is 10.1. The van der Waals surface area contributed by atoms with Crippen LogP contribution in [-0.4, -0.2) is 27.3 Å². The van der Waals surface area contributed by atoms with Gasteiger partial charge in [0.25, 0.3) is 0 Å². The van der Waals surface area contributed by atoms with Crippen molar-refractivity contribution in [2.45, 2.75) is 33.0 Å². The van der Waals surface area contributed by atoms with Crippen LogP contribution in [0.2, 0.25) is 0 Å². The predicted molar refractivity (Wildman–Crippen MR) is 107 cm³/mol. The normalized spacial score (nSPS) is 10.9. The Labute approximate surface area is 171 Å². The maximum absolute atomic E-state index is 12.5. The van der Waals surface area contributed by atoms with E-state index in [1.54, 1.807) is 22.8 Å². The summed E-state index contributed by atoms with van der Waals surface area (Å²) in [4.78, 5) is 12.3. The van der Waals surface area contributed by atoms with Crippen molar-refractivity contribution in [3.63, 3.8) is 0 Å². The summed E-state index contributed by atoms with van der Waals surface area (Å²) in [7, 11) is 0. The predicted octanol–water partition coefficient (Wildman–Crippen LogP) is 4.22. The number of benzene rings is 2. The molecule has 3 rings (SSSR count). The van der Waals surface area contributed by atoms with E-state index in [-0.39, 0.29) is 24.6 Å². The van der Waals surface area contributed by atoms with Crippen molar-refractivity contribution < 1.29 is 18.3 Å². The third-order valence-electron chi connectivity index (χ3n) is 4.26. The Morgan fingerprint density at radius 3 is 2.83 bits per heavy atom. The Morgan fingerprint density at radius 2 is 2.07 bits per heavy atom. The zero-order valence-corrected chi connectivity index (χ0v) is 16.5. The number of hydrogen-bond acceptors (Lipinski definition) is 4. The number of carbonyl (C=O) groups excluding carboxylic acids is 1. The Balaban J connectivity index is 1.63. The molecule has 0 atom stereocenters. The fourth-order valence-corrected chi connectivity index (χ4v) is 3.11. The molecule has 6 nitrogen and oxygen atoms in total. The number of rotatable bonds is 8. The number of aromatic nitrogens is 3. The van der Waals surface area contributed by atoms with Crippen LogP contribution in [-0.2, 0) is 17.9 Å². The lowest BCUT2D eigenvalue weighted by Crippen LogP contribution is -2.24. The molecule has 0 spiro atoms. The van der Waals surface area contributed by atoms with Gasteiger partial charge in [-0.25, -0.2) is 0 Å². The number of nitrogens with one attached hydrogen (secondary N) is 2. The van der Waals surface area contributed by atoms with E-state index in [1.165, 1.54) is 6.07 Å². The van der Waals surface area contributed by atoms with E-state index in [1.807, 2.05) is 31.2 Å². The fraction of sp³-hybridized carbons (Fsp3) is 0.250. The summed E-state index contributed by atoms with van der Waals surface area (Å²) < 4.78 is 31.6. The first-order chi connectivity index (χ1) is 13.9. The lowest BCUT2D eigenvalue weighted by Gasteiger charge is -2.12. The van der Waals surface area contributed by atoms with Gasteiger partial charge in [0.15, 0.2) is 10.6 Å². The van der Waals surface area contributed by atoms with Crippen molar-refractivity contribution in [1.29, 1.82) is 0 Å². The number of nitrogens with zero attached hydrogens (tertiary/aromatic N) is 2. The number of halogens is 2. The minimum absolute atomic E-state index is 0.0431. The average Bonchev–Trinajstić information content (AvgIpc) is 3.06. The minimum atomic E-state index is -2.92. The van der Waals surface area contributed by atoms with Gasteiger partial charge in [0.1, 0.15) is 5.75 Å². The molecule has 0 aliphatic heterocycles. The van der Waals surface area contributed by atoms with Crippen molar-refractivity contribution in [2.75, 3.05) is 0 Å². The van der Waals surface area contributed by atoms with E-state index in [9.17, 15) is 13.6 Å². The van der Waals surface area contributed by atoms with Gasteiger partial charge in [-0.1, -0.05) is 42.0 Å². The van der Waals surface area contributed by atoms with Crippen LogP contribution in [0.3, 0.4) is 0 Å². The van der Waals surface area contributed by atoms with E-state index in [0.717, 1.165) is 11.1 Å². The number of ether oxygens (including phenoxy) is 1. The first kappa shape index (κ1) is 20.7. The standard InChI is InChI=1S/C20H20F2N4O2S/c1-13-5-4-7-14(11-13)18-24-25-20(29)26(18)10-9-17(27)23-12-15-6-2-3-8-16(15)28-19(21)22/h2-8,11,19H,9-10,12H2,1H3,(H,23,27)(H,25,29). The Hall–Kier alpha value is -3.07. The summed E-state index contributed by atoms with van der Waals surface area (Å²) in [5, 5.41) is 9.74. The zero-order chi connectivity index (χ0) is 20.8. The van der Waals surface area contributed by atoms with Crippen LogP contribution < -0.4 is 10.1 Å². The number of aryl methyl sites for hydroxylation is 1. The minimum Gasteiger partial charge on any atom is -0.434 e. The van der Waals surface area contributed by atoms with Crippen molar-refractivity contribution in [3.8, 4) is 17.1 Å². The molecule has 0 radical (unpaired) electrons. The number of hydrogen-bond donors (Lipinski definition) is 2. The van der Waals surface area contributed by atoms with Crippen molar-refractivity contribution in [2.24, 2.45) is 0 Å². The van der Waals surface area contributed by atoms with Crippen LogP contribution in [0, 0.1) is 11.7 Å². The molecule has 0 fully saturated rings. The molecule has 2 N–H and O–H groups in total. The van der Waals surface area contributed by atoms with Gasteiger partial charge in [0, 0.05) is 30.6 Å². The van der Waals surface area contributed by atoms with Gasteiger partial charge >= 0.3 is 6.61 Å². The molecular formula is C20H20F2N4O2S. The number of amides is 1. The second-order valence-electron chi connectivity index (χ2n) is 6.39. The third-order valence-corrected chi connectivity index (χ3v) is 4.57. The van der Waals surface area contributed by atoms with Gasteiger partial charge in [0.05, 0.1) is 0 Å². The van der Waals surface area contributed by atoms with Crippen LogP contribution in [0.4, 0.5) is 8.78 Å². The van der Waals surface area contributed by atoms with Crippen LogP contribution in [0.15, 0.2) is 48.5 Å². The fourth-order valence-electron chi connectivity index (χ4n) is 2.89. The molecular weight excluding hydrogens is 398 g/mol. The molecule has 1 aromatic heterocycles. The van der Waals surface area contributed by atoms with E-state index in [2.05, 4.69) is 20.3 Å². The second kappa shape index (κ2) is 9.42. The van der Waals surface area contributed by atoms with Gasteiger partial charge in [-0.2, -0.15) is 13.9 Å². The number of carbonyl (C=O) groups is 1. The Kier molecular flexibility index (Phi) is 6.71. The lowest BCUT2D eigenvalue weighted by molar-refractivity contribution is -0.121. The molecule has 1 heterocycles. The van der Waals surface area contributed by atoms with Gasteiger partial charge < -0.3 is 10.1 Å². The maximum atomic E-state index is 12.5. The second-order valence-corrected chi connectivity index (χ2v) is 6.77. The molecule has 3 aromatic rings. The summed E-state index contributed by atoms with van der Waals surface area (Å²) in [6.07, 6.45) is 0.157. The maximum Gasteiger partial charge on any atom is 0.387 e. The topological polar surface area (TPSA) is 71.9 Å². The summed E-state index contributed by atoms with van der Waals surface area (Å²) >= 11 is 5.28. The molecule has 29 heavy (non-hydrogen) atoms. The quantitative estimate of drug-likeness (QED) is 0.537. The largest absolute Gasteiger partial charge is 0.434 e. The molecule has 9 heteroatoms. The van der Waals surface area contributed by atoms with E-state index in [0.29, 0.717) is 22.7 Å². The van der Waals surface area contributed by atoms with Gasteiger partial charge in [-0.3, -0.25) is 14.5 Å². The smallest absolute Gasteiger partial charge is 0.387 e. The summed E-state index contributed by atoms with van der Waals surface area (Å²) in [6.45, 7) is -0.518. The first-order valence-corrected chi connectivity index (χ1v) is 9.36.